The molecule has 1 aliphatic heterocycles. The third kappa shape index (κ3) is 2.79. The zero-order chi connectivity index (χ0) is 18.3. The summed E-state index contributed by atoms with van der Waals surface area (Å²) in [4.78, 5) is 14.3. The molecule has 1 amide bonds. The quantitative estimate of drug-likeness (QED) is 0.674. The van der Waals surface area contributed by atoms with Crippen LogP contribution in [-0.4, -0.2) is 58.5 Å². The molecule has 0 radical (unpaired) electrons. The number of furan rings is 1. The van der Waals surface area contributed by atoms with E-state index >= 15 is 0 Å². The Morgan fingerprint density at radius 3 is 2.62 bits per heavy atom. The average molecular weight is 392 g/mol. The molecule has 2 aromatic heterocycles. The van der Waals surface area contributed by atoms with Crippen molar-refractivity contribution in [2.24, 2.45) is 0 Å². The van der Waals surface area contributed by atoms with Gasteiger partial charge >= 0.3 is 0 Å². The second-order valence-corrected chi connectivity index (χ2v) is 8.41. The van der Waals surface area contributed by atoms with Crippen molar-refractivity contribution in [2.75, 3.05) is 26.2 Å². The summed E-state index contributed by atoms with van der Waals surface area (Å²) in [6.45, 7) is 2.86. The lowest BCUT2D eigenvalue weighted by Crippen LogP contribution is -2.50. The number of benzene rings is 1. The number of aromatic nitrogens is 2. The Labute approximate surface area is 154 Å². The summed E-state index contributed by atoms with van der Waals surface area (Å²) in [5.41, 5.74) is 1.48. The van der Waals surface area contributed by atoms with Gasteiger partial charge in [-0.15, -0.1) is 0 Å². The van der Waals surface area contributed by atoms with Gasteiger partial charge in [0.05, 0.1) is 23.6 Å². The van der Waals surface area contributed by atoms with E-state index in [1.807, 2.05) is 0 Å². The molecule has 136 valence electrons. The molecule has 0 spiro atoms. The molecule has 0 N–H and O–H groups in total. The lowest BCUT2D eigenvalue weighted by atomic mass is 10.2. The fourth-order valence-corrected chi connectivity index (χ4v) is 5.21. The van der Waals surface area contributed by atoms with Crippen molar-refractivity contribution >= 4 is 38.7 Å². The van der Waals surface area contributed by atoms with Crippen LogP contribution in [0.3, 0.4) is 0 Å². The number of fused-ring (bicyclic) bond motifs is 1. The minimum Gasteiger partial charge on any atom is -0.469 e. The summed E-state index contributed by atoms with van der Waals surface area (Å²) >= 11 is 0.989. The normalized spacial score (nSPS) is 16.3. The molecule has 0 aliphatic carbocycles. The maximum atomic E-state index is 13.0. The van der Waals surface area contributed by atoms with Gasteiger partial charge < -0.3 is 9.32 Å². The number of aryl methyl sites for hydroxylation is 1. The molecule has 0 unspecified atom stereocenters. The van der Waals surface area contributed by atoms with Crippen molar-refractivity contribution in [3.8, 4) is 0 Å². The zero-order valence-electron chi connectivity index (χ0n) is 14.0. The van der Waals surface area contributed by atoms with Crippen LogP contribution in [0, 0.1) is 6.92 Å². The lowest BCUT2D eigenvalue weighted by Gasteiger charge is -2.33. The highest BCUT2D eigenvalue weighted by atomic mass is 32.2. The molecule has 0 atom stereocenters. The average Bonchev–Trinajstić information content (AvgIpc) is 3.29. The van der Waals surface area contributed by atoms with Crippen molar-refractivity contribution < 1.29 is 17.6 Å². The van der Waals surface area contributed by atoms with E-state index in [0.29, 0.717) is 35.4 Å². The second-order valence-electron chi connectivity index (χ2n) is 5.97. The first-order valence-electron chi connectivity index (χ1n) is 8.03. The first-order valence-corrected chi connectivity index (χ1v) is 10.2. The van der Waals surface area contributed by atoms with E-state index in [1.54, 1.807) is 36.1 Å². The van der Waals surface area contributed by atoms with E-state index in [1.165, 1.54) is 10.6 Å². The van der Waals surface area contributed by atoms with Crippen LogP contribution in [0.2, 0.25) is 0 Å². The van der Waals surface area contributed by atoms with E-state index in [-0.39, 0.29) is 23.9 Å². The van der Waals surface area contributed by atoms with Crippen LogP contribution in [0.5, 0.6) is 0 Å². The molecule has 1 aromatic carbocycles. The number of amides is 1. The fourth-order valence-electron chi connectivity index (χ4n) is 3.04. The van der Waals surface area contributed by atoms with Crippen molar-refractivity contribution in [3.05, 3.63) is 41.9 Å². The largest absolute Gasteiger partial charge is 0.469 e. The standard InChI is InChI=1S/C16H16N4O4S2/c1-11-12(5-10-24-11)16(21)19-6-8-20(9-7-19)26(22,23)14-4-2-3-13-15(14)18-25-17-13/h2-5,10H,6-9H2,1H3. The van der Waals surface area contributed by atoms with Gasteiger partial charge in [0.2, 0.25) is 10.0 Å². The van der Waals surface area contributed by atoms with Crippen molar-refractivity contribution in [2.45, 2.75) is 11.8 Å². The van der Waals surface area contributed by atoms with Gasteiger partial charge in [-0.1, -0.05) is 6.07 Å². The summed E-state index contributed by atoms with van der Waals surface area (Å²) in [5.74, 6) is 0.423. The minimum atomic E-state index is -3.69. The van der Waals surface area contributed by atoms with Crippen LogP contribution >= 0.6 is 11.7 Å². The van der Waals surface area contributed by atoms with Crippen LogP contribution in [0.4, 0.5) is 0 Å². The third-order valence-corrected chi connectivity index (χ3v) is 6.95. The van der Waals surface area contributed by atoms with Gasteiger partial charge in [-0.25, -0.2) is 8.42 Å². The molecule has 0 bridgehead atoms. The number of hydrogen-bond acceptors (Lipinski definition) is 7. The van der Waals surface area contributed by atoms with E-state index in [9.17, 15) is 13.2 Å². The molecule has 1 aliphatic rings. The SMILES string of the molecule is Cc1occc1C(=O)N1CCN(S(=O)(=O)c2cccc3nsnc23)CC1. The predicted octanol–water partition coefficient (Wildman–Crippen LogP) is 1.74. The summed E-state index contributed by atoms with van der Waals surface area (Å²) in [7, 11) is -3.69. The van der Waals surface area contributed by atoms with Gasteiger partial charge in [0.1, 0.15) is 21.7 Å². The number of piperazine rings is 1. The number of nitrogens with zero attached hydrogens (tertiary/aromatic N) is 4. The molecule has 3 aromatic rings. The zero-order valence-corrected chi connectivity index (χ0v) is 15.6. The highest BCUT2D eigenvalue weighted by Gasteiger charge is 2.32. The molecule has 3 heterocycles. The molecular formula is C16H16N4O4S2. The number of sulfonamides is 1. The van der Waals surface area contributed by atoms with Gasteiger partial charge in [0.15, 0.2) is 0 Å². The van der Waals surface area contributed by atoms with E-state index in [2.05, 4.69) is 8.75 Å². The Kier molecular flexibility index (Phi) is 4.25. The number of carbonyl (C=O) groups excluding carboxylic acids is 1. The molecule has 8 nitrogen and oxygen atoms in total. The first kappa shape index (κ1) is 17.1. The van der Waals surface area contributed by atoms with Crippen LogP contribution in [0.1, 0.15) is 16.1 Å². The Hall–Kier alpha value is -2.30. The molecule has 4 rings (SSSR count). The molecular weight excluding hydrogens is 376 g/mol. The van der Waals surface area contributed by atoms with Crippen molar-refractivity contribution in [1.82, 2.24) is 18.0 Å². The van der Waals surface area contributed by atoms with E-state index < -0.39 is 10.0 Å². The molecule has 0 saturated carbocycles. The summed E-state index contributed by atoms with van der Waals surface area (Å²) in [5, 5.41) is 0. The Morgan fingerprint density at radius 2 is 1.92 bits per heavy atom. The summed E-state index contributed by atoms with van der Waals surface area (Å²) in [6, 6.07) is 6.59. The van der Waals surface area contributed by atoms with E-state index in [4.69, 9.17) is 4.42 Å². The van der Waals surface area contributed by atoms with Crippen LogP contribution in [0.25, 0.3) is 11.0 Å². The number of carbonyl (C=O) groups is 1. The summed E-state index contributed by atoms with van der Waals surface area (Å²) in [6.07, 6.45) is 1.48. The predicted molar refractivity (Wildman–Crippen MR) is 95.5 cm³/mol. The molecule has 10 heteroatoms. The first-order chi connectivity index (χ1) is 12.5. The van der Waals surface area contributed by atoms with Crippen molar-refractivity contribution in [3.63, 3.8) is 0 Å². The van der Waals surface area contributed by atoms with Gasteiger partial charge in [-0.05, 0) is 25.1 Å². The van der Waals surface area contributed by atoms with E-state index in [0.717, 1.165) is 11.7 Å². The van der Waals surface area contributed by atoms with Gasteiger partial charge in [0.25, 0.3) is 5.91 Å². The molecule has 1 fully saturated rings. The Balaban J connectivity index is 1.53. The monoisotopic (exact) mass is 392 g/mol. The number of hydrogen-bond donors (Lipinski definition) is 0. The summed E-state index contributed by atoms with van der Waals surface area (Å²) < 4.78 is 40.8. The maximum absolute atomic E-state index is 13.0. The fraction of sp³-hybridized carbons (Fsp3) is 0.312. The van der Waals surface area contributed by atoms with Gasteiger partial charge in [-0.3, -0.25) is 4.79 Å². The lowest BCUT2D eigenvalue weighted by molar-refractivity contribution is 0.0696. The maximum Gasteiger partial charge on any atom is 0.257 e. The van der Waals surface area contributed by atoms with Crippen molar-refractivity contribution in [1.29, 1.82) is 0 Å². The Bertz CT molecular complexity index is 1060. The minimum absolute atomic E-state index is 0.140. The number of rotatable bonds is 3. The highest BCUT2D eigenvalue weighted by molar-refractivity contribution is 7.89. The topological polar surface area (TPSA) is 96.6 Å². The smallest absolute Gasteiger partial charge is 0.257 e. The second kappa shape index (κ2) is 6.45. The molecule has 1 saturated heterocycles. The van der Waals surface area contributed by atoms with Crippen LogP contribution in [-0.2, 0) is 10.0 Å². The molecule has 26 heavy (non-hydrogen) atoms. The van der Waals surface area contributed by atoms with Crippen LogP contribution in [0.15, 0.2) is 39.8 Å². The van der Waals surface area contributed by atoms with Gasteiger partial charge in [-0.2, -0.15) is 13.1 Å². The van der Waals surface area contributed by atoms with Gasteiger partial charge in [0, 0.05) is 26.2 Å². The highest BCUT2D eigenvalue weighted by Crippen LogP contribution is 2.25. The van der Waals surface area contributed by atoms with Crippen LogP contribution < -0.4 is 0 Å². The Morgan fingerprint density at radius 1 is 1.15 bits per heavy atom. The third-order valence-electron chi connectivity index (χ3n) is 4.48.